The molecule has 0 rings (SSSR count). The van der Waals surface area contributed by atoms with Gasteiger partial charge in [-0.1, -0.05) is 187 Å². The highest BCUT2D eigenvalue weighted by molar-refractivity contribution is 7.84. The van der Waals surface area contributed by atoms with Crippen molar-refractivity contribution in [2.75, 3.05) is 12.0 Å². The predicted molar refractivity (Wildman–Crippen MR) is 169 cm³/mol. The average molecular weight is 543 g/mol. The lowest BCUT2D eigenvalue weighted by Crippen LogP contribution is -2.10. The van der Waals surface area contributed by atoms with Gasteiger partial charge in [0.25, 0.3) is 0 Å². The van der Waals surface area contributed by atoms with Crippen LogP contribution in [0.2, 0.25) is 0 Å². The van der Waals surface area contributed by atoms with Gasteiger partial charge in [-0.25, -0.2) is 0 Å². The highest BCUT2D eigenvalue weighted by Crippen LogP contribution is 2.16. The van der Waals surface area contributed by atoms with Crippen molar-refractivity contribution < 1.29 is 9.32 Å². The Bertz CT molecular complexity index is 440. The molecule has 37 heavy (non-hydrogen) atoms. The summed E-state index contributed by atoms with van der Waals surface area (Å²) < 4.78 is 11.1. The molecule has 0 saturated heterocycles. The Hall–Kier alpha value is 0.110. The van der Waals surface area contributed by atoms with E-state index in [1.807, 2.05) is 0 Å². The van der Waals surface area contributed by atoms with Crippen molar-refractivity contribution in [3.8, 4) is 0 Å². The molecule has 0 radical (unpaired) electrons. The van der Waals surface area contributed by atoms with Crippen LogP contribution in [0.25, 0.3) is 0 Å². The fourth-order valence-electron chi connectivity index (χ4n) is 5.50. The molecule has 0 bridgehead atoms. The first-order valence-corrected chi connectivity index (χ1v) is 18.9. The molecule has 0 aliphatic carbocycles. The van der Waals surface area contributed by atoms with Gasteiger partial charge < -0.3 is 5.11 Å². The van der Waals surface area contributed by atoms with Crippen LogP contribution in [0.5, 0.6) is 0 Å². The summed E-state index contributed by atoms with van der Waals surface area (Å²) in [6, 6.07) is 0. The molecule has 2 atom stereocenters. The molecular weight excluding hydrogens is 472 g/mol. The molecule has 3 heteroatoms. The first-order valence-electron chi connectivity index (χ1n) is 17.1. The van der Waals surface area contributed by atoms with Crippen LogP contribution >= 0.6 is 0 Å². The van der Waals surface area contributed by atoms with Crippen molar-refractivity contribution in [2.24, 2.45) is 0 Å². The number of unbranched alkanes of at least 4 members (excludes halogenated alkanes) is 27. The lowest BCUT2D eigenvalue weighted by molar-refractivity contribution is 0.157. The molecule has 2 unspecified atom stereocenters. The Morgan fingerprint density at radius 1 is 0.432 bits per heavy atom. The zero-order valence-electron chi connectivity index (χ0n) is 25.8. The molecule has 1 N–H and O–H groups in total. The normalized spacial score (nSPS) is 13.3. The zero-order valence-corrected chi connectivity index (χ0v) is 26.6. The molecule has 0 amide bonds. The highest BCUT2D eigenvalue weighted by atomic mass is 32.2. The lowest BCUT2D eigenvalue weighted by atomic mass is 10.0. The van der Waals surface area contributed by atoms with Crippen molar-refractivity contribution in [1.82, 2.24) is 0 Å². The molecule has 0 aromatic rings. The summed E-state index contributed by atoms with van der Waals surface area (Å²) in [6.45, 7) is 2.30. The van der Waals surface area contributed by atoms with Crippen LogP contribution in [0, 0.1) is 0 Å². The van der Waals surface area contributed by atoms with Crippen LogP contribution in [0.3, 0.4) is 0 Å². The van der Waals surface area contributed by atoms with Gasteiger partial charge in [-0.3, -0.25) is 4.21 Å². The molecule has 0 saturated carbocycles. The van der Waals surface area contributed by atoms with Gasteiger partial charge in [0.05, 0.1) is 6.10 Å². The Morgan fingerprint density at radius 2 is 0.676 bits per heavy atom. The van der Waals surface area contributed by atoms with Crippen LogP contribution in [-0.4, -0.2) is 27.4 Å². The summed E-state index contributed by atoms with van der Waals surface area (Å²) in [4.78, 5) is 0. The monoisotopic (exact) mass is 543 g/mol. The molecule has 0 aromatic carbocycles. The minimum absolute atomic E-state index is 0.243. The van der Waals surface area contributed by atoms with Crippen molar-refractivity contribution in [3.05, 3.63) is 0 Å². The maximum atomic E-state index is 11.1. The largest absolute Gasteiger partial charge is 0.393 e. The maximum absolute atomic E-state index is 11.1. The van der Waals surface area contributed by atoms with E-state index in [1.165, 1.54) is 173 Å². The minimum Gasteiger partial charge on any atom is -0.393 e. The molecule has 0 aromatic heterocycles. The fraction of sp³-hybridized carbons (Fsp3) is 1.00. The van der Waals surface area contributed by atoms with Crippen LogP contribution < -0.4 is 0 Å². The fourth-order valence-corrected chi connectivity index (χ4v) is 6.10. The molecule has 2 nitrogen and oxygen atoms in total. The topological polar surface area (TPSA) is 37.3 Å². The van der Waals surface area contributed by atoms with Crippen molar-refractivity contribution >= 4 is 10.8 Å². The third kappa shape index (κ3) is 34.1. The smallest absolute Gasteiger partial charge is 0.0549 e. The predicted octanol–water partition coefficient (Wildman–Crippen LogP) is 11.4. The van der Waals surface area contributed by atoms with E-state index in [4.69, 9.17) is 0 Å². The second-order valence-electron chi connectivity index (χ2n) is 12.1. The summed E-state index contributed by atoms with van der Waals surface area (Å²) in [5.74, 6) is 0.640. The van der Waals surface area contributed by atoms with E-state index < -0.39 is 10.8 Å². The zero-order chi connectivity index (χ0) is 27.1. The van der Waals surface area contributed by atoms with E-state index >= 15 is 0 Å². The lowest BCUT2D eigenvalue weighted by Gasteiger charge is -2.09. The van der Waals surface area contributed by atoms with E-state index in [0.717, 1.165) is 12.8 Å². The minimum atomic E-state index is -0.769. The van der Waals surface area contributed by atoms with Gasteiger partial charge in [0.2, 0.25) is 0 Å². The number of aliphatic hydroxyl groups excluding tert-OH is 1. The molecule has 0 heterocycles. The second-order valence-corrected chi connectivity index (χ2v) is 13.6. The van der Waals surface area contributed by atoms with Gasteiger partial charge in [0.1, 0.15) is 0 Å². The Kier molecular flexibility index (Phi) is 32.4. The Morgan fingerprint density at radius 3 is 0.919 bits per heavy atom. The summed E-state index contributed by atoms with van der Waals surface area (Å²) >= 11 is 0. The SMILES string of the molecule is CCCCCCCCCCCCCCCCCCCCCCCCCCCCCCC(O)CCS(C)=O. The third-order valence-electron chi connectivity index (χ3n) is 8.13. The average Bonchev–Trinajstić information content (AvgIpc) is 2.89. The number of aliphatic hydroxyl groups is 1. The highest BCUT2D eigenvalue weighted by Gasteiger charge is 2.04. The number of hydrogen-bond acceptors (Lipinski definition) is 2. The molecule has 0 spiro atoms. The van der Waals surface area contributed by atoms with Crippen molar-refractivity contribution in [2.45, 2.75) is 206 Å². The van der Waals surface area contributed by atoms with E-state index in [1.54, 1.807) is 6.26 Å². The first kappa shape index (κ1) is 37.1. The van der Waals surface area contributed by atoms with Gasteiger partial charge in [-0.15, -0.1) is 0 Å². The van der Waals surface area contributed by atoms with Crippen molar-refractivity contribution in [3.63, 3.8) is 0 Å². The van der Waals surface area contributed by atoms with Crippen molar-refractivity contribution in [1.29, 1.82) is 0 Å². The second kappa shape index (κ2) is 32.3. The van der Waals surface area contributed by atoms with E-state index in [-0.39, 0.29) is 6.10 Å². The van der Waals surface area contributed by atoms with Crippen LogP contribution in [0.4, 0.5) is 0 Å². The summed E-state index contributed by atoms with van der Waals surface area (Å²) in [7, 11) is -0.769. The number of rotatable bonds is 32. The number of hydrogen-bond donors (Lipinski definition) is 1. The molecular formula is C34H70O2S. The quantitative estimate of drug-likeness (QED) is 0.0858. The van der Waals surface area contributed by atoms with Gasteiger partial charge in [-0.05, 0) is 12.8 Å². The Balaban J connectivity index is 3.07. The Labute approximate surface area is 237 Å². The van der Waals surface area contributed by atoms with Gasteiger partial charge in [-0.2, -0.15) is 0 Å². The van der Waals surface area contributed by atoms with Gasteiger partial charge in [0.15, 0.2) is 0 Å². The van der Waals surface area contributed by atoms with Crippen LogP contribution in [0.1, 0.15) is 200 Å². The van der Waals surface area contributed by atoms with Gasteiger partial charge >= 0.3 is 0 Å². The summed E-state index contributed by atoms with van der Waals surface area (Å²) in [5, 5.41) is 9.86. The van der Waals surface area contributed by atoms with Gasteiger partial charge in [0, 0.05) is 22.8 Å². The molecule has 0 fully saturated rings. The molecule has 0 aliphatic heterocycles. The van der Waals surface area contributed by atoms with E-state index in [9.17, 15) is 9.32 Å². The standard InChI is InChI=1S/C34H70O2S/c1-3-4-5-6-7-8-9-10-11-12-13-14-15-16-17-18-19-20-21-22-23-24-25-26-27-28-29-30-31-34(35)32-33-37(2)36/h34-35H,3-33H2,1-2H3. The van der Waals surface area contributed by atoms with E-state index in [2.05, 4.69) is 6.92 Å². The summed E-state index contributed by atoms with van der Waals surface area (Å²) in [6.07, 6.45) is 43.0. The van der Waals surface area contributed by atoms with Crippen LogP contribution in [0.15, 0.2) is 0 Å². The molecule has 224 valence electrons. The van der Waals surface area contributed by atoms with E-state index in [0.29, 0.717) is 12.2 Å². The molecule has 0 aliphatic rings. The third-order valence-corrected chi connectivity index (χ3v) is 8.94. The van der Waals surface area contributed by atoms with Crippen LogP contribution in [-0.2, 0) is 10.8 Å². The summed E-state index contributed by atoms with van der Waals surface area (Å²) in [5.41, 5.74) is 0. The maximum Gasteiger partial charge on any atom is 0.0549 e. The first-order chi connectivity index (χ1) is 18.2.